The zero-order valence-corrected chi connectivity index (χ0v) is 19.8. The predicted octanol–water partition coefficient (Wildman–Crippen LogP) is -4.22. The van der Waals surface area contributed by atoms with Crippen molar-refractivity contribution in [1.29, 1.82) is 0 Å². The van der Waals surface area contributed by atoms with Crippen LogP contribution in [-0.4, -0.2) is 117 Å². The van der Waals surface area contributed by atoms with Crippen molar-refractivity contribution in [2.45, 2.75) is 68.7 Å². The fourth-order valence-electron chi connectivity index (χ4n) is 4.14. The molecule has 0 unspecified atom stereocenters. The summed E-state index contributed by atoms with van der Waals surface area (Å²) in [5, 5.41) is 45.1. The number of carbonyl (C=O) groups excluding carboxylic acids is 2. The molecule has 3 aliphatic rings. The number of aliphatic hydroxyl groups excluding tert-OH is 4. The zero-order chi connectivity index (χ0) is 27.1. The zero-order valence-electron chi connectivity index (χ0n) is 19.8. The van der Waals surface area contributed by atoms with Gasteiger partial charge in [0.15, 0.2) is 18.2 Å². The van der Waals surface area contributed by atoms with Gasteiger partial charge in [-0.15, -0.1) is 10.2 Å². The van der Waals surface area contributed by atoms with E-state index >= 15 is 0 Å². The van der Waals surface area contributed by atoms with E-state index in [4.69, 9.17) is 35.5 Å². The second-order valence-corrected chi connectivity index (χ2v) is 8.87. The number of primary amides is 2. The molecule has 18 nitrogen and oxygen atoms in total. The summed E-state index contributed by atoms with van der Waals surface area (Å²) in [4.78, 5) is 29.2. The number of aromatic nitrogens is 6. The molecule has 3 saturated heterocycles. The molecule has 0 radical (unpaired) electrons. The Bertz CT molecular complexity index is 1120. The van der Waals surface area contributed by atoms with Crippen LogP contribution in [0.3, 0.4) is 0 Å². The van der Waals surface area contributed by atoms with Crippen LogP contribution < -0.4 is 11.5 Å². The number of nitrogens with zero attached hydrogens (tertiary/aromatic N) is 6. The Morgan fingerprint density at radius 2 is 1.35 bits per heavy atom. The van der Waals surface area contributed by atoms with Crippen LogP contribution in [-0.2, 0) is 18.9 Å². The Kier molecular flexibility index (Phi) is 7.53. The molecule has 37 heavy (non-hydrogen) atoms. The maximum atomic E-state index is 11.0. The number of ether oxygens (including phenoxy) is 4. The van der Waals surface area contributed by atoms with Crippen LogP contribution in [0.2, 0.25) is 0 Å². The topological polar surface area (TPSA) is 265 Å². The van der Waals surface area contributed by atoms with Gasteiger partial charge in [-0.3, -0.25) is 9.59 Å². The lowest BCUT2D eigenvalue weighted by Gasteiger charge is -2.23. The highest BCUT2D eigenvalue weighted by molar-refractivity contribution is 5.88. The van der Waals surface area contributed by atoms with Crippen molar-refractivity contribution in [3.63, 3.8) is 0 Å². The number of nitrogens with two attached hydrogens (primary N) is 2. The third-order valence-corrected chi connectivity index (χ3v) is 5.80. The molecule has 0 spiro atoms. The molecule has 2 aromatic rings. The molecule has 0 bridgehead atoms. The highest BCUT2D eigenvalue weighted by atomic mass is 16.8. The van der Waals surface area contributed by atoms with Crippen LogP contribution in [0.1, 0.15) is 47.5 Å². The first-order valence-corrected chi connectivity index (χ1v) is 11.1. The third-order valence-electron chi connectivity index (χ3n) is 5.80. The second-order valence-electron chi connectivity index (χ2n) is 8.87. The lowest BCUT2D eigenvalue weighted by Crippen LogP contribution is -2.33. The first-order chi connectivity index (χ1) is 17.5. The van der Waals surface area contributed by atoms with Crippen LogP contribution in [0.5, 0.6) is 0 Å². The van der Waals surface area contributed by atoms with E-state index in [-0.39, 0.29) is 18.3 Å². The summed E-state index contributed by atoms with van der Waals surface area (Å²) in [5.74, 6) is -2.62. The number of fused-ring (bicyclic) bond motifs is 1. The van der Waals surface area contributed by atoms with Crippen molar-refractivity contribution in [2.24, 2.45) is 11.5 Å². The van der Waals surface area contributed by atoms with E-state index in [0.29, 0.717) is 0 Å². The number of hydrogen-bond donors (Lipinski definition) is 6. The van der Waals surface area contributed by atoms with Crippen LogP contribution in [0.4, 0.5) is 0 Å². The van der Waals surface area contributed by atoms with Gasteiger partial charge in [0.05, 0.1) is 13.2 Å². The Morgan fingerprint density at radius 1 is 0.865 bits per heavy atom. The molecule has 5 rings (SSSR count). The summed E-state index contributed by atoms with van der Waals surface area (Å²) in [6, 6.07) is 0. The lowest BCUT2D eigenvalue weighted by molar-refractivity contribution is -0.201. The van der Waals surface area contributed by atoms with E-state index in [2.05, 4.69) is 20.2 Å². The van der Waals surface area contributed by atoms with Crippen molar-refractivity contribution in [1.82, 2.24) is 29.5 Å². The van der Waals surface area contributed by atoms with E-state index in [1.54, 1.807) is 13.8 Å². The molecule has 3 fully saturated rings. The van der Waals surface area contributed by atoms with Gasteiger partial charge in [0.25, 0.3) is 11.8 Å². The maximum Gasteiger partial charge on any atom is 0.288 e. The van der Waals surface area contributed by atoms with Crippen molar-refractivity contribution >= 4 is 11.8 Å². The van der Waals surface area contributed by atoms with Gasteiger partial charge in [-0.25, -0.2) is 19.3 Å². The average Bonchev–Trinajstić information content (AvgIpc) is 3.64. The summed E-state index contributed by atoms with van der Waals surface area (Å²) < 4.78 is 24.8. The molecule has 18 heteroatoms. The minimum Gasteiger partial charge on any atom is -0.394 e. The molecule has 0 aliphatic carbocycles. The van der Waals surface area contributed by atoms with Crippen molar-refractivity contribution in [2.75, 3.05) is 13.2 Å². The Labute approximate surface area is 208 Å². The van der Waals surface area contributed by atoms with Crippen LogP contribution in [0.15, 0.2) is 12.7 Å². The van der Waals surface area contributed by atoms with Crippen molar-refractivity contribution in [3.05, 3.63) is 24.3 Å². The Balaban J connectivity index is 0.000000176. The molecule has 8 atom stereocenters. The lowest BCUT2D eigenvalue weighted by atomic mass is 10.1. The molecule has 0 aromatic carbocycles. The van der Waals surface area contributed by atoms with Gasteiger partial charge in [0.2, 0.25) is 11.6 Å². The van der Waals surface area contributed by atoms with Gasteiger partial charge < -0.3 is 50.8 Å². The van der Waals surface area contributed by atoms with Crippen LogP contribution in [0.25, 0.3) is 0 Å². The van der Waals surface area contributed by atoms with Gasteiger partial charge in [0, 0.05) is 0 Å². The van der Waals surface area contributed by atoms with E-state index < -0.39 is 73.3 Å². The molecule has 204 valence electrons. The van der Waals surface area contributed by atoms with Gasteiger partial charge in [-0.2, -0.15) is 0 Å². The average molecular weight is 528 g/mol. The smallest absolute Gasteiger partial charge is 0.288 e. The largest absolute Gasteiger partial charge is 0.394 e. The number of hydrogen-bond acceptors (Lipinski definition) is 14. The quantitative estimate of drug-likeness (QED) is 0.207. The standard InChI is InChI=1S/C11H16N4O5.C8H12N4O5/c1-11(2)19-6-5(3-16)18-10(7(6)20-11)15-4-13-9(14-15)8(12)17;9-6(16)7-10-2-12(11-7)8-5(15)4(14)3(1-13)17-8/h4-7,10,16H,3H2,1-2H3,(H2,12,17);2-5,8,13-15H,1H2,(H2,9,16)/t5-,6-,7-,10-;3-,4-,5-,8-/m11/s1. The van der Waals surface area contributed by atoms with E-state index in [0.717, 1.165) is 11.0 Å². The summed E-state index contributed by atoms with van der Waals surface area (Å²) in [7, 11) is 0. The summed E-state index contributed by atoms with van der Waals surface area (Å²) >= 11 is 0. The molecular weight excluding hydrogens is 500 g/mol. The summed E-state index contributed by atoms with van der Waals surface area (Å²) in [5.41, 5.74) is 10.1. The third kappa shape index (κ3) is 5.31. The summed E-state index contributed by atoms with van der Waals surface area (Å²) in [6.07, 6.45) is -3.91. The minimum absolute atomic E-state index is 0.101. The van der Waals surface area contributed by atoms with Gasteiger partial charge in [-0.05, 0) is 13.8 Å². The van der Waals surface area contributed by atoms with E-state index in [9.17, 15) is 24.9 Å². The van der Waals surface area contributed by atoms with Crippen LogP contribution in [0, 0.1) is 0 Å². The summed E-state index contributed by atoms with van der Waals surface area (Å²) in [6.45, 7) is 2.93. The first kappa shape index (κ1) is 26.9. The number of carbonyl (C=O) groups is 2. The van der Waals surface area contributed by atoms with Gasteiger partial charge >= 0.3 is 0 Å². The molecule has 8 N–H and O–H groups in total. The highest BCUT2D eigenvalue weighted by Gasteiger charge is 2.56. The van der Waals surface area contributed by atoms with E-state index in [1.807, 2.05) is 0 Å². The Hall–Kier alpha value is -3.10. The molecule has 3 aliphatic heterocycles. The SMILES string of the molecule is CC1(C)O[C@@H]2[C@H](O1)[C@@H](CO)O[C@H]2n1cnc(C(N)=O)n1.NC(=O)c1ncn([C@@H]2O[C@H](CO)[C@@H](O)[C@H]2O)n1. The molecule has 0 saturated carbocycles. The van der Waals surface area contributed by atoms with Crippen molar-refractivity contribution < 1.29 is 49.0 Å². The molecule has 5 heterocycles. The number of aliphatic hydroxyl groups is 4. The number of amides is 2. The first-order valence-electron chi connectivity index (χ1n) is 11.1. The van der Waals surface area contributed by atoms with Crippen LogP contribution >= 0.6 is 0 Å². The Morgan fingerprint density at radius 3 is 1.81 bits per heavy atom. The fourth-order valence-corrected chi connectivity index (χ4v) is 4.14. The monoisotopic (exact) mass is 528 g/mol. The fraction of sp³-hybridized carbons (Fsp3) is 0.684. The molecular formula is C19H28N8O10. The molecule has 2 amide bonds. The minimum atomic E-state index is -1.27. The van der Waals surface area contributed by atoms with E-state index in [1.165, 1.54) is 11.0 Å². The van der Waals surface area contributed by atoms with Gasteiger partial charge in [-0.1, -0.05) is 0 Å². The molecule has 2 aromatic heterocycles. The maximum absolute atomic E-state index is 11.0. The normalized spacial score (nSPS) is 34.1. The predicted molar refractivity (Wildman–Crippen MR) is 115 cm³/mol. The second kappa shape index (κ2) is 10.3. The highest BCUT2D eigenvalue weighted by Crippen LogP contribution is 2.42. The van der Waals surface area contributed by atoms with Crippen molar-refractivity contribution in [3.8, 4) is 0 Å². The van der Waals surface area contributed by atoms with Gasteiger partial charge in [0.1, 0.15) is 49.3 Å². The number of rotatable bonds is 6.